The van der Waals surface area contributed by atoms with Crippen LogP contribution in [0.1, 0.15) is 22.0 Å². The fraction of sp³-hybridized carbons (Fsp3) is 0.533. The van der Waals surface area contributed by atoms with Gasteiger partial charge in [-0.25, -0.2) is 9.48 Å². The van der Waals surface area contributed by atoms with Crippen molar-refractivity contribution in [2.75, 3.05) is 7.05 Å². The summed E-state index contributed by atoms with van der Waals surface area (Å²) in [5.41, 5.74) is -0.135. The van der Waals surface area contributed by atoms with Crippen LogP contribution in [-0.4, -0.2) is 32.2 Å². The SMILES string of the molecule is Cc1ccc(CN(C)C(=O)[C@@H]2CCc3nn(C)c(=O)n3C2)s1. The second-order valence-electron chi connectivity index (χ2n) is 5.88. The van der Waals surface area contributed by atoms with E-state index in [1.807, 2.05) is 7.05 Å². The molecule has 0 unspecified atom stereocenters. The first-order chi connectivity index (χ1) is 10.5. The monoisotopic (exact) mass is 320 g/mol. The van der Waals surface area contributed by atoms with Crippen molar-refractivity contribution < 1.29 is 4.79 Å². The Morgan fingerprint density at radius 3 is 2.95 bits per heavy atom. The largest absolute Gasteiger partial charge is 0.345 e. The second kappa shape index (κ2) is 5.72. The molecule has 118 valence electrons. The third-order valence-corrected chi connectivity index (χ3v) is 5.10. The molecule has 0 bridgehead atoms. The molecule has 22 heavy (non-hydrogen) atoms. The van der Waals surface area contributed by atoms with Crippen LogP contribution in [0.3, 0.4) is 0 Å². The number of amides is 1. The molecule has 0 saturated heterocycles. The van der Waals surface area contributed by atoms with Crippen molar-refractivity contribution in [1.82, 2.24) is 19.2 Å². The molecule has 3 rings (SSSR count). The number of thiophene rings is 1. The highest BCUT2D eigenvalue weighted by Crippen LogP contribution is 2.21. The number of aromatic nitrogens is 3. The van der Waals surface area contributed by atoms with Crippen molar-refractivity contribution >= 4 is 17.2 Å². The highest BCUT2D eigenvalue weighted by molar-refractivity contribution is 7.11. The predicted molar refractivity (Wildman–Crippen MR) is 84.8 cm³/mol. The van der Waals surface area contributed by atoms with Crippen LogP contribution in [0.5, 0.6) is 0 Å². The van der Waals surface area contributed by atoms with Crippen LogP contribution in [0.25, 0.3) is 0 Å². The Morgan fingerprint density at radius 2 is 2.27 bits per heavy atom. The second-order valence-corrected chi connectivity index (χ2v) is 7.25. The van der Waals surface area contributed by atoms with Crippen molar-refractivity contribution in [3.05, 3.63) is 38.2 Å². The summed E-state index contributed by atoms with van der Waals surface area (Å²) in [7, 11) is 3.48. The van der Waals surface area contributed by atoms with Crippen LogP contribution >= 0.6 is 11.3 Å². The molecule has 0 radical (unpaired) electrons. The van der Waals surface area contributed by atoms with Crippen molar-refractivity contribution in [2.24, 2.45) is 13.0 Å². The van der Waals surface area contributed by atoms with Gasteiger partial charge in [0, 0.05) is 36.8 Å². The van der Waals surface area contributed by atoms with Crippen LogP contribution in [0.2, 0.25) is 0 Å². The maximum Gasteiger partial charge on any atom is 0.345 e. The summed E-state index contributed by atoms with van der Waals surface area (Å²) in [5, 5.41) is 4.20. The van der Waals surface area contributed by atoms with Gasteiger partial charge in [-0.3, -0.25) is 9.36 Å². The molecule has 3 heterocycles. The minimum Gasteiger partial charge on any atom is -0.340 e. The number of fused-ring (bicyclic) bond motifs is 1. The number of aryl methyl sites for hydroxylation is 3. The van der Waals surface area contributed by atoms with E-state index in [0.717, 1.165) is 12.2 Å². The van der Waals surface area contributed by atoms with Gasteiger partial charge in [0.25, 0.3) is 0 Å². The van der Waals surface area contributed by atoms with Crippen LogP contribution in [-0.2, 0) is 31.4 Å². The third-order valence-electron chi connectivity index (χ3n) is 4.12. The Bertz CT molecular complexity index is 758. The number of carbonyl (C=O) groups excluding carboxylic acids is 1. The van der Waals surface area contributed by atoms with E-state index in [1.54, 1.807) is 27.9 Å². The zero-order chi connectivity index (χ0) is 15.9. The topological polar surface area (TPSA) is 60.1 Å². The predicted octanol–water partition coefficient (Wildman–Crippen LogP) is 1.17. The molecular weight excluding hydrogens is 300 g/mol. The number of carbonyl (C=O) groups is 1. The lowest BCUT2D eigenvalue weighted by Gasteiger charge is -2.26. The molecule has 2 aromatic rings. The molecule has 1 aliphatic heterocycles. The Labute approximate surface area is 133 Å². The van der Waals surface area contributed by atoms with E-state index in [9.17, 15) is 9.59 Å². The maximum atomic E-state index is 12.6. The summed E-state index contributed by atoms with van der Waals surface area (Å²) in [5.74, 6) is 0.751. The molecule has 0 aromatic carbocycles. The molecule has 0 fully saturated rings. The summed E-state index contributed by atoms with van der Waals surface area (Å²) in [6.45, 7) is 3.13. The molecule has 6 nitrogen and oxygen atoms in total. The molecule has 0 saturated carbocycles. The van der Waals surface area contributed by atoms with Gasteiger partial charge in [-0.15, -0.1) is 11.3 Å². The molecule has 1 atom stereocenters. The standard InChI is InChI=1S/C15H20N4O2S/c1-10-4-6-12(22-10)9-17(2)14(20)11-5-7-13-16-18(3)15(21)19(13)8-11/h4,6,11H,5,7-9H2,1-3H3/t11-/m1/s1. The zero-order valence-corrected chi connectivity index (χ0v) is 13.9. The molecule has 0 N–H and O–H groups in total. The van der Waals surface area contributed by atoms with Crippen LogP contribution in [0, 0.1) is 12.8 Å². The van der Waals surface area contributed by atoms with Crippen molar-refractivity contribution in [3.8, 4) is 0 Å². The van der Waals surface area contributed by atoms with Crippen molar-refractivity contribution in [3.63, 3.8) is 0 Å². The number of hydrogen-bond donors (Lipinski definition) is 0. The summed E-state index contributed by atoms with van der Waals surface area (Å²) >= 11 is 1.71. The average molecular weight is 320 g/mol. The highest BCUT2D eigenvalue weighted by atomic mass is 32.1. The fourth-order valence-corrected chi connectivity index (χ4v) is 3.88. The first-order valence-corrected chi connectivity index (χ1v) is 8.20. The number of nitrogens with zero attached hydrogens (tertiary/aromatic N) is 4. The molecule has 7 heteroatoms. The van der Waals surface area contributed by atoms with Gasteiger partial charge in [-0.1, -0.05) is 0 Å². The molecule has 1 amide bonds. The van der Waals surface area contributed by atoms with Gasteiger partial charge >= 0.3 is 5.69 Å². The van der Waals surface area contributed by atoms with E-state index >= 15 is 0 Å². The van der Waals surface area contributed by atoms with Gasteiger partial charge in [0.2, 0.25) is 5.91 Å². The lowest BCUT2D eigenvalue weighted by atomic mass is 9.98. The van der Waals surface area contributed by atoms with Gasteiger partial charge in [0.05, 0.1) is 12.5 Å². The average Bonchev–Trinajstić information content (AvgIpc) is 3.02. The lowest BCUT2D eigenvalue weighted by Crippen LogP contribution is -2.39. The lowest BCUT2D eigenvalue weighted by molar-refractivity contribution is -0.135. The smallest absolute Gasteiger partial charge is 0.340 e. The molecule has 0 spiro atoms. The molecule has 1 aliphatic rings. The normalized spacial score (nSPS) is 17.3. The highest BCUT2D eigenvalue weighted by Gasteiger charge is 2.29. The van der Waals surface area contributed by atoms with Gasteiger partial charge in [0.1, 0.15) is 5.82 Å². The molecule has 0 aliphatic carbocycles. The minimum atomic E-state index is -0.138. The zero-order valence-electron chi connectivity index (χ0n) is 13.1. The summed E-state index contributed by atoms with van der Waals surface area (Å²) in [4.78, 5) is 28.8. The third kappa shape index (κ3) is 2.72. The Morgan fingerprint density at radius 1 is 1.50 bits per heavy atom. The Hall–Kier alpha value is -1.89. The maximum absolute atomic E-state index is 12.6. The number of hydrogen-bond acceptors (Lipinski definition) is 4. The first-order valence-electron chi connectivity index (χ1n) is 7.38. The van der Waals surface area contributed by atoms with E-state index in [-0.39, 0.29) is 17.5 Å². The van der Waals surface area contributed by atoms with E-state index in [1.165, 1.54) is 14.4 Å². The van der Waals surface area contributed by atoms with Gasteiger partial charge in [0.15, 0.2) is 0 Å². The van der Waals surface area contributed by atoms with Crippen molar-refractivity contribution in [2.45, 2.75) is 32.9 Å². The quantitative estimate of drug-likeness (QED) is 0.853. The van der Waals surface area contributed by atoms with Gasteiger partial charge < -0.3 is 4.90 Å². The van der Waals surface area contributed by atoms with E-state index in [0.29, 0.717) is 19.5 Å². The van der Waals surface area contributed by atoms with E-state index in [2.05, 4.69) is 24.2 Å². The minimum absolute atomic E-state index is 0.104. The van der Waals surface area contributed by atoms with Crippen LogP contribution in [0.15, 0.2) is 16.9 Å². The van der Waals surface area contributed by atoms with Crippen LogP contribution in [0.4, 0.5) is 0 Å². The molecule has 2 aromatic heterocycles. The van der Waals surface area contributed by atoms with Gasteiger partial charge in [-0.2, -0.15) is 5.10 Å². The van der Waals surface area contributed by atoms with E-state index in [4.69, 9.17) is 0 Å². The molecular formula is C15H20N4O2S. The van der Waals surface area contributed by atoms with Crippen LogP contribution < -0.4 is 5.69 Å². The number of rotatable bonds is 3. The van der Waals surface area contributed by atoms with Gasteiger partial charge in [-0.05, 0) is 25.5 Å². The van der Waals surface area contributed by atoms with E-state index < -0.39 is 0 Å². The summed E-state index contributed by atoms with van der Waals surface area (Å²) in [6.07, 6.45) is 1.43. The summed E-state index contributed by atoms with van der Waals surface area (Å²) in [6, 6.07) is 4.13. The Kier molecular flexibility index (Phi) is 3.90. The summed E-state index contributed by atoms with van der Waals surface area (Å²) < 4.78 is 2.98. The fourth-order valence-electron chi connectivity index (χ4n) is 2.93. The first kappa shape index (κ1) is 15.0. The van der Waals surface area contributed by atoms with Crippen molar-refractivity contribution in [1.29, 1.82) is 0 Å². The Balaban J connectivity index is 1.70.